The predicted octanol–water partition coefficient (Wildman–Crippen LogP) is 2.79. The monoisotopic (exact) mass is 321 g/mol. The first kappa shape index (κ1) is 13.9. The summed E-state index contributed by atoms with van der Waals surface area (Å²) in [4.78, 5) is 11.8. The lowest BCUT2D eigenvalue weighted by atomic mass is 10.2. The van der Waals surface area contributed by atoms with E-state index in [1.807, 2.05) is 0 Å². The minimum Gasteiger partial charge on any atom is -0.375 e. The van der Waals surface area contributed by atoms with Crippen molar-refractivity contribution in [2.75, 3.05) is 11.9 Å². The molecule has 0 saturated heterocycles. The Hall–Kier alpha value is -1.54. The second kappa shape index (κ2) is 6.58. The predicted molar refractivity (Wildman–Crippen MR) is 77.7 cm³/mol. The summed E-state index contributed by atoms with van der Waals surface area (Å²) in [7, 11) is 0. The lowest BCUT2D eigenvalue weighted by molar-refractivity contribution is -0.120. The normalized spacial score (nSPS) is 14.9. The number of nitriles is 1. The maximum absolute atomic E-state index is 11.8. The lowest BCUT2D eigenvalue weighted by Crippen LogP contribution is -2.36. The Labute approximate surface area is 121 Å². The quantitative estimate of drug-likeness (QED) is 0.896. The zero-order chi connectivity index (χ0) is 13.7. The van der Waals surface area contributed by atoms with E-state index >= 15 is 0 Å². The molecule has 0 unspecified atom stereocenters. The minimum absolute atomic E-state index is 0.0168. The lowest BCUT2D eigenvalue weighted by Gasteiger charge is -2.13. The van der Waals surface area contributed by atoms with Crippen LogP contribution in [0, 0.1) is 11.3 Å². The minimum atomic E-state index is 0.0168. The fourth-order valence-corrected chi connectivity index (χ4v) is 2.77. The van der Waals surface area contributed by atoms with Crippen LogP contribution in [0.15, 0.2) is 22.7 Å². The van der Waals surface area contributed by atoms with Gasteiger partial charge >= 0.3 is 0 Å². The maximum Gasteiger partial charge on any atom is 0.239 e. The molecule has 19 heavy (non-hydrogen) atoms. The van der Waals surface area contributed by atoms with E-state index in [0.29, 0.717) is 11.6 Å². The van der Waals surface area contributed by atoms with Gasteiger partial charge in [0.15, 0.2) is 0 Å². The van der Waals surface area contributed by atoms with Crippen LogP contribution in [0.2, 0.25) is 0 Å². The molecule has 1 amide bonds. The Morgan fingerprint density at radius 1 is 1.42 bits per heavy atom. The van der Waals surface area contributed by atoms with Crippen molar-refractivity contribution in [3.8, 4) is 6.07 Å². The summed E-state index contributed by atoms with van der Waals surface area (Å²) in [5, 5.41) is 14.9. The third kappa shape index (κ3) is 3.97. The van der Waals surface area contributed by atoms with E-state index in [2.05, 4.69) is 32.6 Å². The molecule has 1 fully saturated rings. The number of hydrogen-bond acceptors (Lipinski definition) is 3. The van der Waals surface area contributed by atoms with Gasteiger partial charge in [-0.1, -0.05) is 12.8 Å². The molecule has 0 atom stereocenters. The number of amides is 1. The van der Waals surface area contributed by atoms with Gasteiger partial charge in [-0.15, -0.1) is 0 Å². The molecule has 100 valence electrons. The number of carbonyl (C=O) groups excluding carboxylic acids is 1. The molecule has 2 N–H and O–H groups in total. The van der Waals surface area contributed by atoms with Crippen LogP contribution in [0.25, 0.3) is 0 Å². The van der Waals surface area contributed by atoms with Crippen molar-refractivity contribution in [3.63, 3.8) is 0 Å². The molecule has 1 aromatic carbocycles. The third-order valence-corrected chi connectivity index (χ3v) is 3.91. The molecular weight excluding hydrogens is 306 g/mol. The van der Waals surface area contributed by atoms with Crippen LogP contribution in [0.3, 0.4) is 0 Å². The van der Waals surface area contributed by atoms with Gasteiger partial charge in [-0.05, 0) is 47.0 Å². The topological polar surface area (TPSA) is 64.9 Å². The van der Waals surface area contributed by atoms with E-state index in [1.165, 1.54) is 12.8 Å². The van der Waals surface area contributed by atoms with Crippen LogP contribution >= 0.6 is 15.9 Å². The van der Waals surface area contributed by atoms with Crippen molar-refractivity contribution >= 4 is 27.5 Å². The number of rotatable bonds is 4. The highest BCUT2D eigenvalue weighted by atomic mass is 79.9. The van der Waals surface area contributed by atoms with Crippen molar-refractivity contribution in [3.05, 3.63) is 28.2 Å². The maximum atomic E-state index is 11.8. The van der Waals surface area contributed by atoms with Crippen LogP contribution in [0.5, 0.6) is 0 Å². The highest BCUT2D eigenvalue weighted by Gasteiger charge is 2.16. The van der Waals surface area contributed by atoms with Gasteiger partial charge in [0.05, 0.1) is 18.2 Å². The molecular formula is C14H16BrN3O. The first-order valence-electron chi connectivity index (χ1n) is 6.42. The second-order valence-electron chi connectivity index (χ2n) is 4.71. The Balaban J connectivity index is 1.84. The van der Waals surface area contributed by atoms with Crippen LogP contribution in [-0.4, -0.2) is 18.5 Å². The zero-order valence-corrected chi connectivity index (χ0v) is 12.2. The molecule has 1 saturated carbocycles. The van der Waals surface area contributed by atoms with Gasteiger partial charge in [-0.3, -0.25) is 4.79 Å². The molecule has 5 heteroatoms. The van der Waals surface area contributed by atoms with E-state index in [9.17, 15) is 4.79 Å². The molecule has 1 aromatic rings. The molecule has 0 spiro atoms. The first-order chi connectivity index (χ1) is 9.19. The highest BCUT2D eigenvalue weighted by Crippen LogP contribution is 2.23. The molecule has 2 rings (SSSR count). The molecule has 0 aliphatic heterocycles. The van der Waals surface area contributed by atoms with E-state index < -0.39 is 0 Å². The standard InChI is InChI=1S/C14H16BrN3O/c15-12-7-10(8-16)5-6-13(12)17-9-14(19)18-11-3-1-2-4-11/h5-7,11,17H,1-4,9H2,(H,18,19). The van der Waals surface area contributed by atoms with E-state index in [0.717, 1.165) is 23.0 Å². The second-order valence-corrected chi connectivity index (χ2v) is 5.56. The van der Waals surface area contributed by atoms with Gasteiger partial charge in [0.25, 0.3) is 0 Å². The summed E-state index contributed by atoms with van der Waals surface area (Å²) in [6.45, 7) is 0.251. The van der Waals surface area contributed by atoms with Crippen molar-refractivity contribution in [2.24, 2.45) is 0 Å². The van der Waals surface area contributed by atoms with Crippen molar-refractivity contribution in [1.82, 2.24) is 5.32 Å². The molecule has 1 aliphatic rings. The number of anilines is 1. The van der Waals surface area contributed by atoms with Gasteiger partial charge in [0.2, 0.25) is 5.91 Å². The fourth-order valence-electron chi connectivity index (χ4n) is 2.25. The molecule has 0 aromatic heterocycles. The van der Waals surface area contributed by atoms with Crippen LogP contribution in [0.1, 0.15) is 31.2 Å². The molecule has 0 bridgehead atoms. The SMILES string of the molecule is N#Cc1ccc(NCC(=O)NC2CCCC2)c(Br)c1. The average molecular weight is 322 g/mol. The van der Waals surface area contributed by atoms with E-state index in [-0.39, 0.29) is 12.5 Å². The van der Waals surface area contributed by atoms with Gasteiger partial charge in [0, 0.05) is 16.2 Å². The number of carbonyl (C=O) groups is 1. The summed E-state index contributed by atoms with van der Waals surface area (Å²) in [6.07, 6.45) is 4.59. The number of hydrogen-bond donors (Lipinski definition) is 2. The van der Waals surface area contributed by atoms with Gasteiger partial charge in [-0.2, -0.15) is 5.26 Å². The third-order valence-electron chi connectivity index (χ3n) is 3.26. The zero-order valence-electron chi connectivity index (χ0n) is 10.6. The molecule has 4 nitrogen and oxygen atoms in total. The number of nitrogens with zero attached hydrogens (tertiary/aromatic N) is 1. The number of nitrogens with one attached hydrogen (secondary N) is 2. The van der Waals surface area contributed by atoms with E-state index in [1.54, 1.807) is 18.2 Å². The highest BCUT2D eigenvalue weighted by molar-refractivity contribution is 9.10. The summed E-state index contributed by atoms with van der Waals surface area (Å²) in [5.41, 5.74) is 1.41. The summed E-state index contributed by atoms with van der Waals surface area (Å²) < 4.78 is 0.792. The Bertz CT molecular complexity index is 504. The van der Waals surface area contributed by atoms with Crippen LogP contribution in [0.4, 0.5) is 5.69 Å². The van der Waals surface area contributed by atoms with Crippen molar-refractivity contribution < 1.29 is 4.79 Å². The van der Waals surface area contributed by atoms with E-state index in [4.69, 9.17) is 5.26 Å². The summed E-state index contributed by atoms with van der Waals surface area (Å²) >= 11 is 3.38. The van der Waals surface area contributed by atoms with Gasteiger partial charge in [-0.25, -0.2) is 0 Å². The molecule has 1 aliphatic carbocycles. The number of benzene rings is 1. The summed E-state index contributed by atoms with van der Waals surface area (Å²) in [6, 6.07) is 7.67. The first-order valence-corrected chi connectivity index (χ1v) is 7.21. The Morgan fingerprint density at radius 2 is 2.16 bits per heavy atom. The van der Waals surface area contributed by atoms with Crippen molar-refractivity contribution in [2.45, 2.75) is 31.7 Å². The Kier molecular flexibility index (Phi) is 4.80. The molecule has 0 heterocycles. The largest absolute Gasteiger partial charge is 0.375 e. The molecule has 0 radical (unpaired) electrons. The van der Waals surface area contributed by atoms with Crippen LogP contribution < -0.4 is 10.6 Å². The van der Waals surface area contributed by atoms with Crippen LogP contribution in [-0.2, 0) is 4.79 Å². The van der Waals surface area contributed by atoms with Gasteiger partial charge in [0.1, 0.15) is 0 Å². The summed E-state index contributed by atoms with van der Waals surface area (Å²) in [5.74, 6) is 0.0168. The Morgan fingerprint density at radius 3 is 2.79 bits per heavy atom. The van der Waals surface area contributed by atoms with Crippen molar-refractivity contribution in [1.29, 1.82) is 5.26 Å². The fraction of sp³-hybridized carbons (Fsp3) is 0.429. The number of halogens is 1. The van der Waals surface area contributed by atoms with Gasteiger partial charge < -0.3 is 10.6 Å². The average Bonchev–Trinajstić information content (AvgIpc) is 2.90. The smallest absolute Gasteiger partial charge is 0.239 e.